The molecule has 138 valence electrons. The molecule has 9 heteroatoms. The number of hydrogen-bond donors (Lipinski definition) is 2. The number of non-ortho nitro benzene ring substituents is 1. The summed E-state index contributed by atoms with van der Waals surface area (Å²) in [7, 11) is 1.40. The second-order valence-electron chi connectivity index (χ2n) is 5.32. The molecule has 2 aromatic carbocycles. The Kier molecular flexibility index (Phi) is 6.36. The molecule has 0 aromatic heterocycles. The van der Waals surface area contributed by atoms with Crippen LogP contribution >= 0.6 is 11.6 Å². The molecular weight excluding hydrogens is 372 g/mol. The van der Waals surface area contributed by atoms with E-state index in [0.29, 0.717) is 22.0 Å². The Balaban J connectivity index is 2.25. The zero-order valence-electron chi connectivity index (χ0n) is 14.4. The van der Waals surface area contributed by atoms with Gasteiger partial charge in [-0.3, -0.25) is 14.9 Å². The Labute approximate surface area is 160 Å². The number of ether oxygens (including phenoxy) is 1. The van der Waals surface area contributed by atoms with Crippen LogP contribution in [0.4, 0.5) is 17.1 Å². The zero-order chi connectivity index (χ0) is 20.0. The summed E-state index contributed by atoms with van der Waals surface area (Å²) < 4.78 is 5.12. The minimum Gasteiger partial charge on any atom is -0.495 e. The van der Waals surface area contributed by atoms with E-state index in [0.717, 1.165) is 6.20 Å². The molecule has 0 fully saturated rings. The van der Waals surface area contributed by atoms with E-state index in [1.807, 2.05) is 0 Å². The SMILES string of the molecule is COc1ccc([N+](=O)[O-])cc1N/C=C(/C#N)C(=O)Nc1cccc(Cl)c1C. The zero-order valence-corrected chi connectivity index (χ0v) is 15.2. The minimum atomic E-state index is -0.653. The molecule has 0 spiro atoms. The van der Waals surface area contributed by atoms with Crippen molar-refractivity contribution in [2.45, 2.75) is 6.92 Å². The number of carbonyl (C=O) groups excluding carboxylic acids is 1. The quantitative estimate of drug-likeness (QED) is 0.335. The van der Waals surface area contributed by atoms with E-state index < -0.39 is 10.8 Å². The number of nitrogens with one attached hydrogen (secondary N) is 2. The van der Waals surface area contributed by atoms with Gasteiger partial charge in [-0.2, -0.15) is 5.26 Å². The van der Waals surface area contributed by atoms with Crippen LogP contribution in [0.25, 0.3) is 0 Å². The van der Waals surface area contributed by atoms with Crippen molar-refractivity contribution in [3.05, 3.63) is 68.9 Å². The molecule has 0 aliphatic rings. The third-order valence-electron chi connectivity index (χ3n) is 3.65. The van der Waals surface area contributed by atoms with Gasteiger partial charge in [-0.15, -0.1) is 0 Å². The fourth-order valence-corrected chi connectivity index (χ4v) is 2.33. The van der Waals surface area contributed by atoms with E-state index in [9.17, 15) is 20.2 Å². The molecule has 0 unspecified atom stereocenters. The van der Waals surface area contributed by atoms with Gasteiger partial charge in [-0.25, -0.2) is 0 Å². The second kappa shape index (κ2) is 8.69. The number of nitrogens with zero attached hydrogens (tertiary/aromatic N) is 2. The Hall–Kier alpha value is -3.57. The molecular formula is C18H15ClN4O4. The number of rotatable bonds is 6. The van der Waals surface area contributed by atoms with Gasteiger partial charge in [0.1, 0.15) is 17.4 Å². The lowest BCUT2D eigenvalue weighted by molar-refractivity contribution is -0.384. The first-order valence-electron chi connectivity index (χ1n) is 7.63. The van der Waals surface area contributed by atoms with E-state index in [1.54, 1.807) is 31.2 Å². The highest BCUT2D eigenvalue weighted by atomic mass is 35.5. The number of anilines is 2. The average molecular weight is 387 g/mol. The van der Waals surface area contributed by atoms with Crippen LogP contribution in [0.15, 0.2) is 48.2 Å². The number of nitro benzene ring substituents is 1. The third kappa shape index (κ3) is 4.74. The van der Waals surface area contributed by atoms with Gasteiger partial charge in [0.25, 0.3) is 11.6 Å². The number of carbonyl (C=O) groups is 1. The molecule has 2 N–H and O–H groups in total. The summed E-state index contributed by atoms with van der Waals surface area (Å²) in [4.78, 5) is 22.7. The third-order valence-corrected chi connectivity index (χ3v) is 4.06. The van der Waals surface area contributed by atoms with Crippen LogP contribution in [-0.2, 0) is 4.79 Å². The van der Waals surface area contributed by atoms with Gasteiger partial charge >= 0.3 is 0 Å². The Morgan fingerprint density at radius 3 is 2.70 bits per heavy atom. The number of amides is 1. The van der Waals surface area contributed by atoms with Crippen molar-refractivity contribution >= 4 is 34.6 Å². The Morgan fingerprint density at radius 1 is 1.33 bits per heavy atom. The molecule has 0 saturated carbocycles. The van der Waals surface area contributed by atoms with Crippen LogP contribution in [-0.4, -0.2) is 17.9 Å². The molecule has 2 rings (SSSR count). The minimum absolute atomic E-state index is 0.163. The monoisotopic (exact) mass is 386 g/mol. The van der Waals surface area contributed by atoms with Gasteiger partial charge in [-0.1, -0.05) is 17.7 Å². The van der Waals surface area contributed by atoms with Gasteiger partial charge in [0.15, 0.2) is 0 Å². The van der Waals surface area contributed by atoms with Crippen molar-refractivity contribution in [3.63, 3.8) is 0 Å². The highest BCUT2D eigenvalue weighted by Crippen LogP contribution is 2.29. The van der Waals surface area contributed by atoms with E-state index in [4.69, 9.17) is 16.3 Å². The van der Waals surface area contributed by atoms with Crippen LogP contribution in [0.5, 0.6) is 5.75 Å². The molecule has 1 amide bonds. The normalized spacial score (nSPS) is 10.7. The number of halogens is 1. The topological polar surface area (TPSA) is 117 Å². The maximum Gasteiger partial charge on any atom is 0.271 e. The van der Waals surface area contributed by atoms with E-state index in [1.165, 1.54) is 25.3 Å². The molecule has 0 saturated heterocycles. The van der Waals surface area contributed by atoms with Gasteiger partial charge in [0, 0.05) is 29.0 Å². The van der Waals surface area contributed by atoms with Crippen molar-refractivity contribution in [2.24, 2.45) is 0 Å². The maximum absolute atomic E-state index is 12.3. The van der Waals surface area contributed by atoms with Gasteiger partial charge in [-0.05, 0) is 30.7 Å². The molecule has 0 radical (unpaired) electrons. The lowest BCUT2D eigenvalue weighted by atomic mass is 10.2. The fraction of sp³-hybridized carbons (Fsp3) is 0.111. The first kappa shape index (κ1) is 19.8. The molecule has 8 nitrogen and oxygen atoms in total. The van der Waals surface area contributed by atoms with Gasteiger partial charge in [0.05, 0.1) is 17.7 Å². The van der Waals surface area contributed by atoms with E-state index >= 15 is 0 Å². The second-order valence-corrected chi connectivity index (χ2v) is 5.73. The van der Waals surface area contributed by atoms with E-state index in [-0.39, 0.29) is 16.9 Å². The largest absolute Gasteiger partial charge is 0.495 e. The summed E-state index contributed by atoms with van der Waals surface area (Å²) in [6.07, 6.45) is 1.15. The summed E-state index contributed by atoms with van der Waals surface area (Å²) in [6.45, 7) is 1.74. The molecule has 0 bridgehead atoms. The van der Waals surface area contributed by atoms with Crippen molar-refractivity contribution in [1.82, 2.24) is 0 Å². The first-order chi connectivity index (χ1) is 12.9. The number of methoxy groups -OCH3 is 1. The number of benzene rings is 2. The standard InChI is InChI=1S/C18H15ClN4O4/c1-11-14(19)4-3-5-15(11)22-18(24)12(9-20)10-21-16-8-13(23(25)26)6-7-17(16)27-2/h3-8,10,21H,1-2H3,(H,22,24)/b12-10-. The molecule has 0 heterocycles. The van der Waals surface area contributed by atoms with Gasteiger partial charge in [0.2, 0.25) is 0 Å². The Morgan fingerprint density at radius 2 is 2.07 bits per heavy atom. The Bertz CT molecular complexity index is 966. The van der Waals surface area contributed by atoms with Crippen LogP contribution in [0.2, 0.25) is 5.02 Å². The predicted octanol–water partition coefficient (Wildman–Crippen LogP) is 4.02. The molecule has 0 aliphatic heterocycles. The van der Waals surface area contributed by atoms with Gasteiger partial charge < -0.3 is 15.4 Å². The molecule has 0 atom stereocenters. The maximum atomic E-state index is 12.3. The van der Waals surface area contributed by atoms with Crippen molar-refractivity contribution in [1.29, 1.82) is 5.26 Å². The highest BCUT2D eigenvalue weighted by Gasteiger charge is 2.14. The summed E-state index contributed by atoms with van der Waals surface area (Å²) in [5.74, 6) is -0.333. The molecule has 0 aliphatic carbocycles. The number of nitro groups is 1. The average Bonchev–Trinajstić information content (AvgIpc) is 2.65. The highest BCUT2D eigenvalue weighted by molar-refractivity contribution is 6.31. The lowest BCUT2D eigenvalue weighted by Crippen LogP contribution is -2.15. The summed E-state index contributed by atoms with van der Waals surface area (Å²) >= 11 is 6.01. The fourth-order valence-electron chi connectivity index (χ4n) is 2.15. The number of hydrogen-bond acceptors (Lipinski definition) is 6. The predicted molar refractivity (Wildman–Crippen MR) is 102 cm³/mol. The van der Waals surface area contributed by atoms with Crippen LogP contribution in [0.1, 0.15) is 5.56 Å². The first-order valence-corrected chi connectivity index (χ1v) is 8.01. The van der Waals surface area contributed by atoms with Crippen molar-refractivity contribution in [3.8, 4) is 11.8 Å². The lowest BCUT2D eigenvalue weighted by Gasteiger charge is -2.10. The van der Waals surface area contributed by atoms with Crippen LogP contribution in [0.3, 0.4) is 0 Å². The molecule has 2 aromatic rings. The summed E-state index contributed by atoms with van der Waals surface area (Å²) in [5.41, 5.74) is 0.984. The van der Waals surface area contributed by atoms with Crippen LogP contribution in [0, 0.1) is 28.4 Å². The number of nitriles is 1. The molecule has 27 heavy (non-hydrogen) atoms. The van der Waals surface area contributed by atoms with Crippen molar-refractivity contribution in [2.75, 3.05) is 17.7 Å². The van der Waals surface area contributed by atoms with Crippen LogP contribution < -0.4 is 15.4 Å². The smallest absolute Gasteiger partial charge is 0.271 e. The van der Waals surface area contributed by atoms with E-state index in [2.05, 4.69) is 10.6 Å². The van der Waals surface area contributed by atoms with Crippen molar-refractivity contribution < 1.29 is 14.5 Å². The summed E-state index contributed by atoms with van der Waals surface area (Å²) in [5, 5.41) is 26.0. The summed E-state index contributed by atoms with van der Waals surface area (Å²) in [6, 6.07) is 10.7.